The normalized spacial score (nSPS) is 11.5. The number of hydrogen-bond donors (Lipinski definition) is 2. The smallest absolute Gasteiger partial charge is 0.265 e. The van der Waals surface area contributed by atoms with E-state index in [1.54, 1.807) is 0 Å². The number of ether oxygens (including phenoxy) is 1. The number of benzene rings is 3. The number of Topliss-reactive ketones (excluding diaryl/α,β-unsaturated/α-hetero) is 2. The van der Waals surface area contributed by atoms with Gasteiger partial charge in [-0.25, -0.2) is 16.8 Å². The molecule has 0 amide bonds. The number of carbonyl (C=O) groups is 2. The molecule has 0 saturated heterocycles. The molecule has 0 heterocycles. The number of anilines is 2. The van der Waals surface area contributed by atoms with Crippen LogP contribution in [0, 0.1) is 0 Å². The molecule has 0 fully saturated rings. The molecule has 0 atom stereocenters. The Balaban J connectivity index is 1.93. The first-order valence-corrected chi connectivity index (χ1v) is 12.9. The van der Waals surface area contributed by atoms with Crippen LogP contribution in [0.1, 0.15) is 34.6 Å². The van der Waals surface area contributed by atoms with E-state index < -0.39 is 20.0 Å². The fourth-order valence-corrected chi connectivity index (χ4v) is 5.42. The number of carbonyl (C=O) groups excluding carboxylic acids is 2. The van der Waals surface area contributed by atoms with E-state index in [-0.39, 0.29) is 38.5 Å². The maximum Gasteiger partial charge on any atom is 0.265 e. The maximum absolute atomic E-state index is 13.0. The van der Waals surface area contributed by atoms with E-state index in [2.05, 4.69) is 9.44 Å². The molecule has 0 aliphatic carbocycles. The topological polar surface area (TPSA) is 136 Å². The van der Waals surface area contributed by atoms with E-state index in [9.17, 15) is 26.4 Å². The van der Waals surface area contributed by atoms with Crippen LogP contribution in [-0.2, 0) is 20.0 Å². The molecule has 34 heavy (non-hydrogen) atoms. The lowest BCUT2D eigenvalue weighted by Gasteiger charge is -2.14. The average molecular weight is 503 g/mol. The van der Waals surface area contributed by atoms with Crippen LogP contribution >= 0.6 is 0 Å². The minimum atomic E-state index is -4.25. The summed E-state index contributed by atoms with van der Waals surface area (Å²) in [5.74, 6) is -0.391. The maximum atomic E-state index is 13.0. The van der Waals surface area contributed by atoms with E-state index in [1.165, 1.54) is 81.6 Å². The van der Waals surface area contributed by atoms with Crippen molar-refractivity contribution in [2.24, 2.45) is 0 Å². The Hall–Kier alpha value is -3.70. The summed E-state index contributed by atoms with van der Waals surface area (Å²) >= 11 is 0. The number of hydrogen-bond acceptors (Lipinski definition) is 7. The Morgan fingerprint density at radius 3 is 1.53 bits per heavy atom. The number of ketones is 2. The Morgan fingerprint density at radius 2 is 1.12 bits per heavy atom. The monoisotopic (exact) mass is 502 g/mol. The molecule has 3 aromatic carbocycles. The van der Waals surface area contributed by atoms with Crippen molar-refractivity contribution in [3.8, 4) is 5.75 Å². The van der Waals surface area contributed by atoms with Gasteiger partial charge >= 0.3 is 0 Å². The van der Waals surface area contributed by atoms with Crippen molar-refractivity contribution in [1.82, 2.24) is 0 Å². The zero-order valence-electron chi connectivity index (χ0n) is 18.5. The molecule has 0 aliphatic heterocycles. The standard InChI is InChI=1S/C23H22N2O7S2/c1-15(26)17-4-8-19(9-5-17)24-33(28,29)21-12-13-22(32-3)23(14-21)34(30,31)25-20-10-6-18(7-11-20)16(2)27/h4-14,24-25H,1-3H3. The predicted octanol–water partition coefficient (Wildman–Crippen LogP) is 3.70. The summed E-state index contributed by atoms with van der Waals surface area (Å²) in [6.07, 6.45) is 0. The van der Waals surface area contributed by atoms with Gasteiger partial charge in [0.25, 0.3) is 20.0 Å². The SMILES string of the molecule is COc1ccc(S(=O)(=O)Nc2ccc(C(C)=O)cc2)cc1S(=O)(=O)Nc1ccc(C(C)=O)cc1. The highest BCUT2D eigenvalue weighted by Crippen LogP contribution is 2.29. The first kappa shape index (κ1) is 24.9. The highest BCUT2D eigenvalue weighted by atomic mass is 32.2. The number of methoxy groups -OCH3 is 1. The van der Waals surface area contributed by atoms with E-state index in [4.69, 9.17) is 4.74 Å². The van der Waals surface area contributed by atoms with Crippen LogP contribution in [0.25, 0.3) is 0 Å². The van der Waals surface area contributed by atoms with Crippen molar-refractivity contribution in [2.75, 3.05) is 16.6 Å². The Bertz CT molecular complexity index is 1450. The predicted molar refractivity (Wildman–Crippen MR) is 128 cm³/mol. The van der Waals surface area contributed by atoms with Crippen LogP contribution in [0.3, 0.4) is 0 Å². The summed E-state index contributed by atoms with van der Waals surface area (Å²) in [5, 5.41) is 0. The first-order chi connectivity index (χ1) is 15.9. The van der Waals surface area contributed by atoms with Crippen LogP contribution < -0.4 is 14.2 Å². The quantitative estimate of drug-likeness (QED) is 0.426. The van der Waals surface area contributed by atoms with Crippen LogP contribution in [0.15, 0.2) is 76.5 Å². The molecule has 0 unspecified atom stereocenters. The van der Waals surface area contributed by atoms with Crippen molar-refractivity contribution in [3.63, 3.8) is 0 Å². The second-order valence-electron chi connectivity index (χ2n) is 7.29. The summed E-state index contributed by atoms with van der Waals surface area (Å²) < 4.78 is 61.7. The molecule has 178 valence electrons. The lowest BCUT2D eigenvalue weighted by Crippen LogP contribution is -2.17. The van der Waals surface area contributed by atoms with Gasteiger partial charge in [-0.05, 0) is 80.6 Å². The van der Waals surface area contributed by atoms with Crippen molar-refractivity contribution in [1.29, 1.82) is 0 Å². The fourth-order valence-electron chi connectivity index (χ4n) is 3.00. The van der Waals surface area contributed by atoms with E-state index in [0.29, 0.717) is 11.1 Å². The van der Waals surface area contributed by atoms with Crippen LogP contribution in [0.2, 0.25) is 0 Å². The van der Waals surface area contributed by atoms with Gasteiger partial charge < -0.3 is 4.74 Å². The third-order valence-electron chi connectivity index (χ3n) is 4.82. The molecule has 9 nitrogen and oxygen atoms in total. The summed E-state index contributed by atoms with van der Waals surface area (Å²) in [6.45, 7) is 2.78. The molecular formula is C23H22N2O7S2. The molecule has 3 rings (SSSR count). The second-order valence-corrected chi connectivity index (χ2v) is 10.6. The summed E-state index contributed by atoms with van der Waals surface area (Å²) in [7, 11) is -7.15. The second kappa shape index (κ2) is 9.65. The van der Waals surface area contributed by atoms with E-state index >= 15 is 0 Å². The zero-order chi connectivity index (χ0) is 25.1. The zero-order valence-corrected chi connectivity index (χ0v) is 20.2. The summed E-state index contributed by atoms with van der Waals surface area (Å²) in [5.41, 5.74) is 1.22. The van der Waals surface area contributed by atoms with Crippen molar-refractivity contribution < 1.29 is 31.2 Å². The molecular weight excluding hydrogens is 480 g/mol. The third kappa shape index (κ3) is 5.61. The molecule has 2 N–H and O–H groups in total. The van der Waals surface area contributed by atoms with Gasteiger partial charge in [-0.3, -0.25) is 19.0 Å². The van der Waals surface area contributed by atoms with Crippen molar-refractivity contribution in [3.05, 3.63) is 77.9 Å². The van der Waals surface area contributed by atoms with Gasteiger partial charge in [0.1, 0.15) is 10.6 Å². The van der Waals surface area contributed by atoms with Gasteiger partial charge in [0.05, 0.1) is 12.0 Å². The average Bonchev–Trinajstić information content (AvgIpc) is 2.78. The van der Waals surface area contributed by atoms with Crippen molar-refractivity contribution >= 4 is 43.0 Å². The lowest BCUT2D eigenvalue weighted by atomic mass is 10.1. The molecule has 0 aliphatic rings. The number of sulfonamides is 2. The number of rotatable bonds is 9. The molecule has 0 aromatic heterocycles. The van der Waals surface area contributed by atoms with Crippen LogP contribution in [0.4, 0.5) is 11.4 Å². The van der Waals surface area contributed by atoms with Gasteiger partial charge in [-0.1, -0.05) is 0 Å². The Morgan fingerprint density at radius 1 is 0.676 bits per heavy atom. The van der Waals surface area contributed by atoms with Gasteiger partial charge in [-0.2, -0.15) is 0 Å². The first-order valence-electron chi connectivity index (χ1n) is 9.88. The van der Waals surface area contributed by atoms with Gasteiger partial charge in [0.2, 0.25) is 0 Å². The fraction of sp³-hybridized carbons (Fsp3) is 0.130. The largest absolute Gasteiger partial charge is 0.495 e. The Kier molecular flexibility index (Phi) is 7.08. The molecule has 0 bridgehead atoms. The molecule has 11 heteroatoms. The number of nitrogens with one attached hydrogen (secondary N) is 2. The van der Waals surface area contributed by atoms with E-state index in [1.807, 2.05) is 0 Å². The van der Waals surface area contributed by atoms with Gasteiger partial charge in [0.15, 0.2) is 11.6 Å². The van der Waals surface area contributed by atoms with E-state index in [0.717, 1.165) is 6.07 Å². The summed E-state index contributed by atoms with van der Waals surface area (Å²) in [6, 6.07) is 15.0. The van der Waals surface area contributed by atoms with Crippen LogP contribution in [0.5, 0.6) is 5.75 Å². The molecule has 0 radical (unpaired) electrons. The lowest BCUT2D eigenvalue weighted by molar-refractivity contribution is 0.100. The highest BCUT2D eigenvalue weighted by Gasteiger charge is 2.24. The third-order valence-corrected chi connectivity index (χ3v) is 7.60. The Labute approximate surface area is 197 Å². The molecule has 3 aromatic rings. The van der Waals surface area contributed by atoms with Crippen molar-refractivity contribution in [2.45, 2.75) is 23.6 Å². The minimum Gasteiger partial charge on any atom is -0.495 e. The molecule has 0 spiro atoms. The summed E-state index contributed by atoms with van der Waals surface area (Å²) in [4.78, 5) is 22.1. The van der Waals surface area contributed by atoms with Gasteiger partial charge in [0, 0.05) is 22.5 Å². The minimum absolute atomic E-state index is 0.0578. The van der Waals surface area contributed by atoms with Crippen LogP contribution in [-0.4, -0.2) is 35.5 Å². The van der Waals surface area contributed by atoms with Gasteiger partial charge in [-0.15, -0.1) is 0 Å². The highest BCUT2D eigenvalue weighted by molar-refractivity contribution is 7.93. The molecule has 0 saturated carbocycles.